The van der Waals surface area contributed by atoms with Crippen LogP contribution in [-0.4, -0.2) is 53.1 Å². The number of hydrogen-bond donors (Lipinski definition) is 2. The molecule has 1 fully saturated rings. The molecule has 0 atom stereocenters. The van der Waals surface area contributed by atoms with Crippen molar-refractivity contribution in [3.63, 3.8) is 0 Å². The van der Waals surface area contributed by atoms with Crippen molar-refractivity contribution in [1.82, 2.24) is 14.9 Å². The molecule has 0 unspecified atom stereocenters. The predicted octanol–water partition coefficient (Wildman–Crippen LogP) is 2.26. The van der Waals surface area contributed by atoms with Crippen LogP contribution in [0.5, 0.6) is 0 Å². The summed E-state index contributed by atoms with van der Waals surface area (Å²) in [5.41, 5.74) is 8.97. The fourth-order valence-electron chi connectivity index (χ4n) is 3.06. The van der Waals surface area contributed by atoms with Gasteiger partial charge in [0.1, 0.15) is 5.52 Å². The quantitative estimate of drug-likeness (QED) is 0.727. The Morgan fingerprint density at radius 2 is 1.82 bits per heavy atom. The molecule has 3 N–H and O–H groups in total. The predicted molar refractivity (Wildman–Crippen MR) is 105 cm³/mol. The highest BCUT2D eigenvalue weighted by Crippen LogP contribution is 2.23. The second-order valence-corrected chi connectivity index (χ2v) is 6.40. The standard InChI is InChI=1S/C20H19N5O3/c21-19(26)15-2-1-3-16-18(15)24-17(12-22-16)13-4-6-14(7-5-13)23-20(27)25-8-10-28-11-9-25/h1-7,12H,8-11H2,(H2,21,26)(H,23,27). The average molecular weight is 377 g/mol. The number of urea groups is 1. The van der Waals surface area contributed by atoms with Crippen LogP contribution in [0.4, 0.5) is 10.5 Å². The van der Waals surface area contributed by atoms with Crippen molar-refractivity contribution in [2.45, 2.75) is 0 Å². The van der Waals surface area contributed by atoms with E-state index in [0.29, 0.717) is 54.3 Å². The van der Waals surface area contributed by atoms with E-state index >= 15 is 0 Å². The third kappa shape index (κ3) is 3.63. The molecule has 0 spiro atoms. The van der Waals surface area contributed by atoms with Gasteiger partial charge in [-0.1, -0.05) is 18.2 Å². The molecule has 2 heterocycles. The lowest BCUT2D eigenvalue weighted by Gasteiger charge is -2.26. The number of hydrogen-bond acceptors (Lipinski definition) is 5. The van der Waals surface area contributed by atoms with Crippen molar-refractivity contribution in [2.75, 3.05) is 31.6 Å². The van der Waals surface area contributed by atoms with E-state index in [-0.39, 0.29) is 6.03 Å². The molecule has 28 heavy (non-hydrogen) atoms. The summed E-state index contributed by atoms with van der Waals surface area (Å²) >= 11 is 0. The molecule has 1 saturated heterocycles. The Morgan fingerprint density at radius 1 is 1.07 bits per heavy atom. The van der Waals surface area contributed by atoms with Crippen LogP contribution in [-0.2, 0) is 4.74 Å². The molecule has 8 nitrogen and oxygen atoms in total. The minimum absolute atomic E-state index is 0.146. The molecule has 4 rings (SSSR count). The van der Waals surface area contributed by atoms with Gasteiger partial charge in [0.25, 0.3) is 5.91 Å². The number of nitrogens with one attached hydrogen (secondary N) is 1. The van der Waals surface area contributed by atoms with Crippen LogP contribution in [0.3, 0.4) is 0 Å². The Hall–Kier alpha value is -3.52. The Balaban J connectivity index is 1.56. The van der Waals surface area contributed by atoms with Gasteiger partial charge >= 0.3 is 6.03 Å². The first-order chi connectivity index (χ1) is 13.6. The van der Waals surface area contributed by atoms with Crippen molar-refractivity contribution in [3.8, 4) is 11.3 Å². The van der Waals surface area contributed by atoms with Gasteiger partial charge in [-0.25, -0.2) is 9.78 Å². The van der Waals surface area contributed by atoms with Crippen LogP contribution in [0, 0.1) is 0 Å². The molecule has 0 saturated carbocycles. The molecular weight excluding hydrogens is 358 g/mol. The molecule has 3 aromatic rings. The molecule has 0 aliphatic carbocycles. The topological polar surface area (TPSA) is 110 Å². The lowest BCUT2D eigenvalue weighted by atomic mass is 10.1. The number of primary amides is 1. The second-order valence-electron chi connectivity index (χ2n) is 6.40. The maximum absolute atomic E-state index is 12.3. The number of morpholine rings is 1. The zero-order valence-corrected chi connectivity index (χ0v) is 15.1. The van der Waals surface area contributed by atoms with Gasteiger partial charge in [-0.3, -0.25) is 9.78 Å². The van der Waals surface area contributed by atoms with Crippen LogP contribution < -0.4 is 11.1 Å². The molecule has 142 valence electrons. The number of para-hydroxylation sites is 1. The summed E-state index contributed by atoms with van der Waals surface area (Å²) in [5.74, 6) is -0.543. The molecular formula is C20H19N5O3. The summed E-state index contributed by atoms with van der Waals surface area (Å²) in [6.07, 6.45) is 1.65. The third-order valence-corrected chi connectivity index (χ3v) is 4.57. The van der Waals surface area contributed by atoms with E-state index in [9.17, 15) is 9.59 Å². The summed E-state index contributed by atoms with van der Waals surface area (Å²) in [6, 6.07) is 12.3. The smallest absolute Gasteiger partial charge is 0.321 e. The van der Waals surface area contributed by atoms with Gasteiger partial charge in [-0.2, -0.15) is 0 Å². The number of benzene rings is 2. The maximum Gasteiger partial charge on any atom is 0.321 e. The molecule has 0 bridgehead atoms. The number of ether oxygens (including phenoxy) is 1. The number of aromatic nitrogens is 2. The second kappa shape index (κ2) is 7.61. The largest absolute Gasteiger partial charge is 0.378 e. The van der Waals surface area contributed by atoms with Gasteiger partial charge < -0.3 is 20.7 Å². The van der Waals surface area contributed by atoms with E-state index in [1.807, 2.05) is 12.1 Å². The van der Waals surface area contributed by atoms with E-state index in [4.69, 9.17) is 10.5 Å². The summed E-state index contributed by atoms with van der Waals surface area (Å²) in [6.45, 7) is 2.28. The first-order valence-corrected chi connectivity index (χ1v) is 8.91. The van der Waals surface area contributed by atoms with Crippen LogP contribution in [0.1, 0.15) is 10.4 Å². The zero-order chi connectivity index (χ0) is 19.5. The van der Waals surface area contributed by atoms with Crippen molar-refractivity contribution >= 4 is 28.7 Å². The van der Waals surface area contributed by atoms with Gasteiger partial charge in [-0.15, -0.1) is 0 Å². The minimum atomic E-state index is -0.543. The summed E-state index contributed by atoms with van der Waals surface area (Å²) in [4.78, 5) is 34.6. The minimum Gasteiger partial charge on any atom is -0.378 e. The lowest BCUT2D eigenvalue weighted by molar-refractivity contribution is 0.0564. The summed E-state index contributed by atoms with van der Waals surface area (Å²) in [7, 11) is 0. The van der Waals surface area contributed by atoms with E-state index in [0.717, 1.165) is 5.56 Å². The zero-order valence-electron chi connectivity index (χ0n) is 15.1. The average Bonchev–Trinajstić information content (AvgIpc) is 2.74. The normalized spacial score (nSPS) is 14.1. The van der Waals surface area contributed by atoms with Gasteiger partial charge in [-0.05, 0) is 24.3 Å². The fourth-order valence-corrected chi connectivity index (χ4v) is 3.06. The number of rotatable bonds is 3. The Morgan fingerprint density at radius 3 is 2.54 bits per heavy atom. The number of anilines is 1. The van der Waals surface area contributed by atoms with E-state index < -0.39 is 5.91 Å². The van der Waals surface area contributed by atoms with E-state index in [2.05, 4.69) is 15.3 Å². The number of nitrogens with zero attached hydrogens (tertiary/aromatic N) is 3. The van der Waals surface area contributed by atoms with Crippen LogP contribution in [0.15, 0.2) is 48.7 Å². The number of nitrogens with two attached hydrogens (primary N) is 1. The maximum atomic E-state index is 12.3. The fraction of sp³-hybridized carbons (Fsp3) is 0.200. The molecule has 1 aliphatic heterocycles. The van der Waals surface area contributed by atoms with Gasteiger partial charge in [0.15, 0.2) is 0 Å². The van der Waals surface area contributed by atoms with E-state index in [1.54, 1.807) is 41.4 Å². The highest BCUT2D eigenvalue weighted by molar-refractivity contribution is 6.04. The molecule has 1 aromatic heterocycles. The summed E-state index contributed by atoms with van der Waals surface area (Å²) < 4.78 is 5.26. The van der Waals surface area contributed by atoms with E-state index in [1.165, 1.54) is 0 Å². The van der Waals surface area contributed by atoms with Gasteiger partial charge in [0, 0.05) is 24.3 Å². The molecule has 3 amide bonds. The summed E-state index contributed by atoms with van der Waals surface area (Å²) in [5, 5.41) is 2.88. The number of fused-ring (bicyclic) bond motifs is 1. The highest BCUT2D eigenvalue weighted by atomic mass is 16.5. The van der Waals surface area contributed by atoms with Gasteiger partial charge in [0.2, 0.25) is 0 Å². The number of carbonyl (C=O) groups is 2. The monoisotopic (exact) mass is 377 g/mol. The molecule has 0 radical (unpaired) electrons. The SMILES string of the molecule is NC(=O)c1cccc2ncc(-c3ccc(NC(=O)N4CCOCC4)cc3)nc12. The van der Waals surface area contributed by atoms with Crippen LogP contribution in [0.25, 0.3) is 22.3 Å². The Kier molecular flexibility index (Phi) is 4.86. The molecule has 2 aromatic carbocycles. The van der Waals surface area contributed by atoms with Crippen molar-refractivity contribution in [1.29, 1.82) is 0 Å². The third-order valence-electron chi connectivity index (χ3n) is 4.57. The molecule has 8 heteroatoms. The molecule has 1 aliphatic rings. The van der Waals surface area contributed by atoms with Gasteiger partial charge in [0.05, 0.1) is 36.2 Å². The van der Waals surface area contributed by atoms with Crippen molar-refractivity contribution in [2.24, 2.45) is 5.73 Å². The first-order valence-electron chi connectivity index (χ1n) is 8.91. The van der Waals surface area contributed by atoms with Crippen LogP contribution >= 0.6 is 0 Å². The number of amides is 3. The first kappa shape index (κ1) is 17.9. The van der Waals surface area contributed by atoms with Crippen molar-refractivity contribution < 1.29 is 14.3 Å². The Bertz CT molecular complexity index is 1030. The van der Waals surface area contributed by atoms with Crippen LogP contribution in [0.2, 0.25) is 0 Å². The Labute approximate surface area is 161 Å². The number of carbonyl (C=O) groups excluding carboxylic acids is 2. The lowest BCUT2D eigenvalue weighted by Crippen LogP contribution is -2.43. The van der Waals surface area contributed by atoms with Crippen molar-refractivity contribution in [3.05, 3.63) is 54.2 Å². The highest BCUT2D eigenvalue weighted by Gasteiger charge is 2.16.